The number of alkyl halides is 1. The molecule has 1 aromatic heterocycles. The van der Waals surface area contributed by atoms with Gasteiger partial charge in [-0.15, -0.1) is 22.9 Å². The summed E-state index contributed by atoms with van der Waals surface area (Å²) in [6.45, 7) is 8.76. The predicted octanol–water partition coefficient (Wildman–Crippen LogP) is 5.54. The molecule has 1 rings (SSSR count). The van der Waals surface area contributed by atoms with Gasteiger partial charge in [-0.05, 0) is 46.3 Å². The Morgan fingerprint density at radius 2 is 2.07 bits per heavy atom. The minimum Gasteiger partial charge on any atom is -0.131 e. The molecule has 1 heterocycles. The maximum atomic E-state index is 6.37. The lowest BCUT2D eigenvalue weighted by Gasteiger charge is -2.20. The average Bonchev–Trinajstić information content (AvgIpc) is 2.28. The van der Waals surface area contributed by atoms with E-state index in [2.05, 4.69) is 49.7 Å². The van der Waals surface area contributed by atoms with E-state index in [-0.39, 0.29) is 10.8 Å². The van der Waals surface area contributed by atoms with Crippen LogP contribution in [0.25, 0.3) is 0 Å². The Labute approximate surface area is 104 Å². The van der Waals surface area contributed by atoms with Crippen molar-refractivity contribution in [2.24, 2.45) is 5.41 Å². The number of aryl methyl sites for hydroxylation is 1. The summed E-state index contributed by atoms with van der Waals surface area (Å²) >= 11 is 11.6. The van der Waals surface area contributed by atoms with E-state index in [1.807, 2.05) is 0 Å². The molecule has 0 saturated carbocycles. The third-order valence-electron chi connectivity index (χ3n) is 1.98. The second-order valence-corrected chi connectivity index (χ2v) is 7.77. The van der Waals surface area contributed by atoms with Gasteiger partial charge in [-0.1, -0.05) is 20.8 Å². The highest BCUT2D eigenvalue weighted by atomic mass is 79.9. The van der Waals surface area contributed by atoms with E-state index in [1.165, 1.54) is 14.2 Å². The molecule has 0 fully saturated rings. The smallest absolute Gasteiger partial charge is 0.0731 e. The molecule has 1 aromatic rings. The molecule has 0 aliphatic heterocycles. The van der Waals surface area contributed by atoms with Crippen LogP contribution in [0.2, 0.25) is 0 Å². The Morgan fingerprint density at radius 1 is 1.50 bits per heavy atom. The molecule has 80 valence electrons. The number of rotatable bonds is 2. The predicted molar refractivity (Wildman–Crippen MR) is 69.4 cm³/mol. The summed E-state index contributed by atoms with van der Waals surface area (Å²) in [6.07, 6.45) is 1.01. The molecule has 0 bridgehead atoms. The summed E-state index contributed by atoms with van der Waals surface area (Å²) in [4.78, 5) is 1.27. The summed E-state index contributed by atoms with van der Waals surface area (Å²) < 4.78 is 1.20. The standard InChI is InChI=1S/C11H16BrClS/c1-7-5-9(14-10(7)12)8(13)6-11(2,3)4/h5,8H,6H2,1-4H3. The van der Waals surface area contributed by atoms with E-state index in [0.717, 1.165) is 6.42 Å². The Morgan fingerprint density at radius 3 is 2.43 bits per heavy atom. The summed E-state index contributed by atoms with van der Waals surface area (Å²) in [5.41, 5.74) is 1.57. The minimum absolute atomic E-state index is 0.144. The van der Waals surface area contributed by atoms with Gasteiger partial charge in [0.25, 0.3) is 0 Å². The monoisotopic (exact) mass is 294 g/mol. The molecule has 0 aromatic carbocycles. The van der Waals surface area contributed by atoms with Crippen molar-refractivity contribution < 1.29 is 0 Å². The SMILES string of the molecule is Cc1cc(C(Cl)CC(C)(C)C)sc1Br. The van der Waals surface area contributed by atoms with E-state index in [1.54, 1.807) is 11.3 Å². The molecule has 0 saturated heterocycles. The summed E-state index contributed by atoms with van der Waals surface area (Å²) in [7, 11) is 0. The third-order valence-corrected chi connectivity index (χ3v) is 4.75. The summed E-state index contributed by atoms with van der Waals surface area (Å²) in [5.74, 6) is 0. The quantitative estimate of drug-likeness (QED) is 0.629. The molecule has 1 atom stereocenters. The van der Waals surface area contributed by atoms with E-state index < -0.39 is 0 Å². The molecule has 1 unspecified atom stereocenters. The van der Waals surface area contributed by atoms with E-state index >= 15 is 0 Å². The van der Waals surface area contributed by atoms with Gasteiger partial charge in [0.05, 0.1) is 9.16 Å². The van der Waals surface area contributed by atoms with Crippen LogP contribution in [0.1, 0.15) is 43.0 Å². The van der Waals surface area contributed by atoms with Crippen LogP contribution in [0.5, 0.6) is 0 Å². The van der Waals surface area contributed by atoms with Crippen LogP contribution >= 0.6 is 38.9 Å². The molecule has 3 heteroatoms. The van der Waals surface area contributed by atoms with Gasteiger partial charge in [0.1, 0.15) is 0 Å². The fourth-order valence-corrected chi connectivity index (χ4v) is 3.48. The van der Waals surface area contributed by atoms with Crippen LogP contribution in [0.15, 0.2) is 9.85 Å². The molecule has 0 spiro atoms. The number of halogens is 2. The minimum atomic E-state index is 0.144. The zero-order valence-corrected chi connectivity index (χ0v) is 12.2. The van der Waals surface area contributed by atoms with Crippen LogP contribution in [0, 0.1) is 12.3 Å². The second kappa shape index (κ2) is 4.54. The van der Waals surface area contributed by atoms with Gasteiger partial charge in [0.15, 0.2) is 0 Å². The van der Waals surface area contributed by atoms with Crippen molar-refractivity contribution in [1.82, 2.24) is 0 Å². The topological polar surface area (TPSA) is 0 Å². The Hall–Kier alpha value is 0.470. The van der Waals surface area contributed by atoms with Crippen molar-refractivity contribution >= 4 is 38.9 Å². The Bertz CT molecular complexity index is 292. The highest BCUT2D eigenvalue weighted by molar-refractivity contribution is 9.11. The molecule has 14 heavy (non-hydrogen) atoms. The van der Waals surface area contributed by atoms with Gasteiger partial charge < -0.3 is 0 Å². The molecule has 0 aliphatic carbocycles. The lowest BCUT2D eigenvalue weighted by Crippen LogP contribution is -2.07. The average molecular weight is 296 g/mol. The first-order valence-electron chi connectivity index (χ1n) is 4.69. The van der Waals surface area contributed by atoms with Gasteiger partial charge in [-0.2, -0.15) is 0 Å². The molecule has 0 aliphatic rings. The molecule has 0 nitrogen and oxygen atoms in total. The maximum Gasteiger partial charge on any atom is 0.0731 e. The maximum absolute atomic E-state index is 6.37. The van der Waals surface area contributed by atoms with Gasteiger partial charge in [-0.25, -0.2) is 0 Å². The zero-order valence-electron chi connectivity index (χ0n) is 9.03. The van der Waals surface area contributed by atoms with Crippen molar-refractivity contribution in [2.75, 3.05) is 0 Å². The highest BCUT2D eigenvalue weighted by Crippen LogP contribution is 2.39. The molecule has 0 N–H and O–H groups in total. The van der Waals surface area contributed by atoms with E-state index in [9.17, 15) is 0 Å². The normalized spacial score (nSPS) is 14.4. The number of hydrogen-bond acceptors (Lipinski definition) is 1. The zero-order chi connectivity index (χ0) is 10.9. The largest absolute Gasteiger partial charge is 0.131 e. The molecular formula is C11H16BrClS. The van der Waals surface area contributed by atoms with Crippen molar-refractivity contribution in [3.8, 4) is 0 Å². The molecule has 0 amide bonds. The van der Waals surface area contributed by atoms with Gasteiger partial charge in [-0.3, -0.25) is 0 Å². The lowest BCUT2D eigenvalue weighted by molar-refractivity contribution is 0.374. The van der Waals surface area contributed by atoms with Crippen molar-refractivity contribution in [2.45, 2.75) is 39.5 Å². The number of hydrogen-bond donors (Lipinski definition) is 0. The van der Waals surface area contributed by atoms with E-state index in [4.69, 9.17) is 11.6 Å². The first-order chi connectivity index (χ1) is 6.29. The molecule has 0 radical (unpaired) electrons. The fraction of sp³-hybridized carbons (Fsp3) is 0.636. The first-order valence-corrected chi connectivity index (χ1v) is 6.74. The fourth-order valence-electron chi connectivity index (χ4n) is 1.28. The van der Waals surface area contributed by atoms with Crippen LogP contribution in [-0.4, -0.2) is 0 Å². The highest BCUT2D eigenvalue weighted by Gasteiger charge is 2.20. The van der Waals surface area contributed by atoms with Crippen molar-refractivity contribution in [3.63, 3.8) is 0 Å². The van der Waals surface area contributed by atoms with Gasteiger partial charge in [0.2, 0.25) is 0 Å². The van der Waals surface area contributed by atoms with E-state index in [0.29, 0.717) is 0 Å². The first kappa shape index (κ1) is 12.5. The van der Waals surface area contributed by atoms with Crippen molar-refractivity contribution in [1.29, 1.82) is 0 Å². The lowest BCUT2D eigenvalue weighted by atomic mass is 9.90. The molecular weight excluding hydrogens is 280 g/mol. The van der Waals surface area contributed by atoms with Crippen molar-refractivity contribution in [3.05, 3.63) is 20.3 Å². The number of thiophene rings is 1. The van der Waals surface area contributed by atoms with Crippen LogP contribution in [0.4, 0.5) is 0 Å². The Balaban J connectivity index is 2.75. The third kappa shape index (κ3) is 3.56. The summed E-state index contributed by atoms with van der Waals surface area (Å²) in [5, 5.41) is 0.144. The van der Waals surface area contributed by atoms with Gasteiger partial charge in [0, 0.05) is 4.88 Å². The summed E-state index contributed by atoms with van der Waals surface area (Å²) in [6, 6.07) is 2.18. The second-order valence-electron chi connectivity index (χ2n) is 4.84. The van der Waals surface area contributed by atoms with Gasteiger partial charge >= 0.3 is 0 Å². The Kier molecular flexibility index (Phi) is 4.07. The van der Waals surface area contributed by atoms with Crippen LogP contribution in [-0.2, 0) is 0 Å². The van der Waals surface area contributed by atoms with Crippen LogP contribution < -0.4 is 0 Å². The van der Waals surface area contributed by atoms with Crippen LogP contribution in [0.3, 0.4) is 0 Å².